The van der Waals surface area contributed by atoms with E-state index in [1.165, 1.54) is 24.8 Å². The average Bonchev–Trinajstić information content (AvgIpc) is 3.13. The molecule has 0 aliphatic heterocycles. The van der Waals surface area contributed by atoms with Gasteiger partial charge in [0.05, 0.1) is 12.6 Å². The molecule has 1 aliphatic rings. The Hall–Kier alpha value is -1.76. The van der Waals surface area contributed by atoms with Gasteiger partial charge in [-0.1, -0.05) is 43.2 Å². The van der Waals surface area contributed by atoms with Crippen molar-refractivity contribution in [3.05, 3.63) is 52.2 Å². The van der Waals surface area contributed by atoms with Crippen LogP contribution >= 0.6 is 11.3 Å². The molecule has 1 N–H and O–H groups in total. The molecule has 1 heterocycles. The molecular weight excluding hydrogens is 302 g/mol. The summed E-state index contributed by atoms with van der Waals surface area (Å²) in [4.78, 5) is 0. The normalized spacial score (nSPS) is 16.4. The van der Waals surface area contributed by atoms with Crippen LogP contribution in [0.15, 0.2) is 41.1 Å². The fourth-order valence-electron chi connectivity index (χ4n) is 3.04. The molecule has 1 saturated carbocycles. The first-order chi connectivity index (χ1) is 11.3. The van der Waals surface area contributed by atoms with Crippen molar-refractivity contribution in [2.24, 2.45) is 0 Å². The van der Waals surface area contributed by atoms with E-state index in [2.05, 4.69) is 46.1 Å². The summed E-state index contributed by atoms with van der Waals surface area (Å²) in [5.41, 5.74) is 2.36. The molecule has 1 fully saturated rings. The van der Waals surface area contributed by atoms with Gasteiger partial charge in [-0.05, 0) is 42.0 Å². The molecule has 1 aliphatic carbocycles. The maximum absolute atomic E-state index is 5.22. The zero-order valence-corrected chi connectivity index (χ0v) is 14.4. The molecule has 0 unspecified atom stereocenters. The average molecular weight is 325 g/mol. The van der Waals surface area contributed by atoms with Gasteiger partial charge in [0.2, 0.25) is 0 Å². The number of hydrogen-bond acceptors (Lipinski definition) is 3. The van der Waals surface area contributed by atoms with Gasteiger partial charge < -0.3 is 4.74 Å². The summed E-state index contributed by atoms with van der Waals surface area (Å²) in [6, 6.07) is 10.4. The van der Waals surface area contributed by atoms with Crippen molar-refractivity contribution in [2.75, 3.05) is 7.11 Å². The van der Waals surface area contributed by atoms with Crippen molar-refractivity contribution in [2.45, 2.75) is 44.2 Å². The van der Waals surface area contributed by atoms with Crippen molar-refractivity contribution in [3.63, 3.8) is 0 Å². The zero-order valence-electron chi connectivity index (χ0n) is 13.6. The molecular formula is C20H23NOS. The molecule has 120 valence electrons. The van der Waals surface area contributed by atoms with E-state index < -0.39 is 0 Å². The van der Waals surface area contributed by atoms with Crippen LogP contribution < -0.4 is 10.1 Å². The molecule has 0 radical (unpaired) electrons. The summed E-state index contributed by atoms with van der Waals surface area (Å²) in [5, 5.41) is 7.94. The van der Waals surface area contributed by atoms with Crippen molar-refractivity contribution in [1.29, 1.82) is 0 Å². The lowest BCUT2D eigenvalue weighted by Gasteiger charge is -2.33. The molecule has 1 aromatic heterocycles. The molecule has 23 heavy (non-hydrogen) atoms. The van der Waals surface area contributed by atoms with Crippen LogP contribution in [0.25, 0.3) is 0 Å². The van der Waals surface area contributed by atoms with E-state index in [-0.39, 0.29) is 5.54 Å². The Bertz CT molecular complexity index is 658. The van der Waals surface area contributed by atoms with Crippen LogP contribution in [-0.4, -0.2) is 12.6 Å². The van der Waals surface area contributed by atoms with E-state index >= 15 is 0 Å². The standard InChI is InChI=1S/C20H23NOS/c1-22-19-7-5-17(6-8-19)15-21-20(11-3-2-4-12-20)13-9-18-10-14-23-16-18/h5-8,10,14,16,21H,2-4,11-12,15H2,1H3. The zero-order chi connectivity index (χ0) is 16.0. The summed E-state index contributed by atoms with van der Waals surface area (Å²) in [5.74, 6) is 7.82. The summed E-state index contributed by atoms with van der Waals surface area (Å²) in [6.07, 6.45) is 6.12. The van der Waals surface area contributed by atoms with E-state index in [9.17, 15) is 0 Å². The predicted molar refractivity (Wildman–Crippen MR) is 96.8 cm³/mol. The Morgan fingerprint density at radius 3 is 2.57 bits per heavy atom. The Balaban J connectivity index is 1.70. The van der Waals surface area contributed by atoms with Crippen molar-refractivity contribution in [3.8, 4) is 17.6 Å². The number of hydrogen-bond donors (Lipinski definition) is 1. The first-order valence-corrected chi connectivity index (χ1v) is 9.17. The number of ether oxygens (including phenoxy) is 1. The molecule has 0 spiro atoms. The molecule has 2 aromatic rings. The van der Waals surface area contributed by atoms with Crippen LogP contribution in [0.4, 0.5) is 0 Å². The molecule has 0 saturated heterocycles. The van der Waals surface area contributed by atoms with Crippen LogP contribution in [-0.2, 0) is 6.54 Å². The highest BCUT2D eigenvalue weighted by Crippen LogP contribution is 2.28. The van der Waals surface area contributed by atoms with Crippen molar-refractivity contribution in [1.82, 2.24) is 5.32 Å². The van der Waals surface area contributed by atoms with Crippen molar-refractivity contribution < 1.29 is 4.74 Å². The molecule has 0 atom stereocenters. The van der Waals surface area contributed by atoms with Crippen LogP contribution in [0, 0.1) is 11.8 Å². The topological polar surface area (TPSA) is 21.3 Å². The van der Waals surface area contributed by atoms with Gasteiger partial charge in [0.1, 0.15) is 5.75 Å². The quantitative estimate of drug-likeness (QED) is 0.830. The number of benzene rings is 1. The lowest BCUT2D eigenvalue weighted by atomic mass is 9.82. The number of rotatable bonds is 4. The van der Waals surface area contributed by atoms with Gasteiger partial charge in [0, 0.05) is 17.5 Å². The fourth-order valence-corrected chi connectivity index (χ4v) is 3.63. The summed E-state index contributed by atoms with van der Waals surface area (Å²) in [7, 11) is 1.70. The van der Waals surface area contributed by atoms with E-state index in [1.807, 2.05) is 12.1 Å². The minimum Gasteiger partial charge on any atom is -0.497 e. The first kappa shape index (κ1) is 16.1. The van der Waals surface area contributed by atoms with Crippen molar-refractivity contribution >= 4 is 11.3 Å². The Labute approximate surface area is 142 Å². The van der Waals surface area contributed by atoms with E-state index in [4.69, 9.17) is 4.74 Å². The van der Waals surface area contributed by atoms with Gasteiger partial charge in [-0.2, -0.15) is 11.3 Å². The molecule has 0 bridgehead atoms. The predicted octanol–water partition coefficient (Wildman–Crippen LogP) is 4.60. The van der Waals surface area contributed by atoms with E-state index in [0.29, 0.717) is 0 Å². The smallest absolute Gasteiger partial charge is 0.118 e. The second kappa shape index (κ2) is 7.68. The van der Waals surface area contributed by atoms with Gasteiger partial charge in [-0.25, -0.2) is 0 Å². The summed E-state index contributed by atoms with van der Waals surface area (Å²) >= 11 is 1.70. The van der Waals surface area contributed by atoms with E-state index in [1.54, 1.807) is 18.4 Å². The van der Waals surface area contributed by atoms with Gasteiger partial charge in [0.15, 0.2) is 0 Å². The number of methoxy groups -OCH3 is 1. The van der Waals surface area contributed by atoms with E-state index in [0.717, 1.165) is 30.7 Å². The second-order valence-electron chi connectivity index (χ2n) is 6.11. The summed E-state index contributed by atoms with van der Waals surface area (Å²) in [6.45, 7) is 0.850. The molecule has 0 amide bonds. The lowest BCUT2D eigenvalue weighted by molar-refractivity contribution is 0.299. The third-order valence-electron chi connectivity index (χ3n) is 4.46. The fraction of sp³-hybridized carbons (Fsp3) is 0.400. The highest BCUT2D eigenvalue weighted by Gasteiger charge is 2.29. The third-order valence-corrected chi connectivity index (χ3v) is 5.15. The summed E-state index contributed by atoms with van der Waals surface area (Å²) < 4.78 is 5.22. The maximum atomic E-state index is 5.22. The Kier molecular flexibility index (Phi) is 5.38. The third kappa shape index (κ3) is 4.37. The monoisotopic (exact) mass is 325 g/mol. The molecule has 1 aromatic carbocycles. The minimum atomic E-state index is -0.0416. The lowest BCUT2D eigenvalue weighted by Crippen LogP contribution is -2.45. The van der Waals surface area contributed by atoms with Crippen LogP contribution in [0.3, 0.4) is 0 Å². The number of thiophene rings is 1. The van der Waals surface area contributed by atoms with Gasteiger partial charge in [-0.3, -0.25) is 5.32 Å². The van der Waals surface area contributed by atoms with Gasteiger partial charge in [0.25, 0.3) is 0 Å². The highest BCUT2D eigenvalue weighted by molar-refractivity contribution is 7.08. The van der Waals surface area contributed by atoms with Crippen LogP contribution in [0.2, 0.25) is 0 Å². The van der Waals surface area contributed by atoms with Gasteiger partial charge in [-0.15, -0.1) is 0 Å². The number of nitrogens with one attached hydrogen (secondary N) is 1. The second-order valence-corrected chi connectivity index (χ2v) is 6.89. The van der Waals surface area contributed by atoms with Crippen LogP contribution in [0.1, 0.15) is 43.2 Å². The molecule has 3 heteroatoms. The highest BCUT2D eigenvalue weighted by atomic mass is 32.1. The Morgan fingerprint density at radius 1 is 1.13 bits per heavy atom. The maximum Gasteiger partial charge on any atom is 0.118 e. The molecule has 2 nitrogen and oxygen atoms in total. The van der Waals surface area contributed by atoms with Crippen LogP contribution in [0.5, 0.6) is 5.75 Å². The Morgan fingerprint density at radius 2 is 1.91 bits per heavy atom. The minimum absolute atomic E-state index is 0.0416. The first-order valence-electron chi connectivity index (χ1n) is 8.23. The largest absolute Gasteiger partial charge is 0.497 e. The SMILES string of the molecule is COc1ccc(CNC2(C#Cc3ccsc3)CCCCC2)cc1. The van der Waals surface area contributed by atoms with Gasteiger partial charge >= 0.3 is 0 Å². The molecule has 3 rings (SSSR count).